The number of nitrogens with zero attached hydrogens (tertiary/aromatic N) is 3. The van der Waals surface area contributed by atoms with Gasteiger partial charge in [0.15, 0.2) is 0 Å². The monoisotopic (exact) mass is 579 g/mol. The Balaban J connectivity index is 1.45. The van der Waals surface area contributed by atoms with E-state index in [0.29, 0.717) is 48.0 Å². The molecule has 5 N–H and O–H groups in total. The zero-order valence-electron chi connectivity index (χ0n) is 24.2. The molecule has 220 valence electrons. The number of nitrogen functional groups attached to an aromatic ring is 1. The zero-order chi connectivity index (χ0) is 29.4. The summed E-state index contributed by atoms with van der Waals surface area (Å²) in [5.41, 5.74) is 11.3. The fraction of sp³-hybridized carbons (Fsp3) is 0.500. The van der Waals surface area contributed by atoms with Crippen LogP contribution in [-0.4, -0.2) is 77.1 Å². The van der Waals surface area contributed by atoms with Crippen molar-refractivity contribution >= 4 is 35.4 Å². The molecule has 41 heavy (non-hydrogen) atoms. The lowest BCUT2D eigenvalue weighted by Gasteiger charge is -2.22. The highest BCUT2D eigenvalue weighted by atomic mass is 32.2. The van der Waals surface area contributed by atoms with Gasteiger partial charge in [0.2, 0.25) is 17.8 Å². The molecule has 10 nitrogen and oxygen atoms in total. The molecule has 2 aliphatic rings. The second kappa shape index (κ2) is 14.5. The standard InChI is InChI=1S/C30H41N7O3S/c1-19-6-5-12-37(13-8-19)14-11-33-29(40)24-7-4-10-32-28(39)23-17-22(20(2)16-21(23)3)25-18-27(36-30(31)35-25)41-15-9-26(38)34-24/h6,16-18,24H,4-5,7-15H2,1-3H3,(H,32,39)(H,33,40)(H,34,38)(H2,31,35,36). The van der Waals surface area contributed by atoms with Crippen molar-refractivity contribution in [3.8, 4) is 11.3 Å². The fourth-order valence-corrected chi connectivity index (χ4v) is 5.99. The normalized spacial score (nSPS) is 19.3. The highest BCUT2D eigenvalue weighted by molar-refractivity contribution is 7.99. The predicted octanol–water partition coefficient (Wildman–Crippen LogP) is 2.99. The van der Waals surface area contributed by atoms with Gasteiger partial charge in [0, 0.05) is 56.0 Å². The van der Waals surface area contributed by atoms with Gasteiger partial charge in [-0.25, -0.2) is 9.97 Å². The molecule has 3 heterocycles. The van der Waals surface area contributed by atoms with Gasteiger partial charge in [0.1, 0.15) is 11.1 Å². The number of benzene rings is 1. The largest absolute Gasteiger partial charge is 0.368 e. The van der Waals surface area contributed by atoms with Crippen molar-refractivity contribution in [2.45, 2.75) is 63.9 Å². The molecular formula is C30H41N7O3S. The molecular weight excluding hydrogens is 538 g/mol. The molecule has 0 saturated carbocycles. The molecule has 2 aromatic rings. The number of thioether (sulfide) groups is 1. The first kappa shape index (κ1) is 30.5. The summed E-state index contributed by atoms with van der Waals surface area (Å²) in [6.45, 7) is 9.66. The number of rotatable bonds is 4. The number of carbonyl (C=O) groups excluding carboxylic acids is 3. The number of nitrogens with one attached hydrogen (secondary N) is 3. The minimum Gasteiger partial charge on any atom is -0.368 e. The maximum absolute atomic E-state index is 13.1. The molecule has 0 fully saturated rings. The van der Waals surface area contributed by atoms with Crippen LogP contribution < -0.4 is 21.7 Å². The maximum Gasteiger partial charge on any atom is 0.251 e. The molecule has 4 bridgehead atoms. The third-order valence-electron chi connectivity index (χ3n) is 7.49. The Bertz CT molecular complexity index is 1310. The molecule has 3 amide bonds. The van der Waals surface area contributed by atoms with E-state index < -0.39 is 6.04 Å². The molecule has 0 aliphatic carbocycles. The van der Waals surface area contributed by atoms with Crippen LogP contribution in [0.25, 0.3) is 11.3 Å². The third-order valence-corrected chi connectivity index (χ3v) is 8.40. The van der Waals surface area contributed by atoms with Crippen molar-refractivity contribution in [2.75, 3.05) is 44.2 Å². The Morgan fingerprint density at radius 2 is 1.90 bits per heavy atom. The van der Waals surface area contributed by atoms with Gasteiger partial charge in [0.05, 0.1) is 5.69 Å². The summed E-state index contributed by atoms with van der Waals surface area (Å²) >= 11 is 1.40. The van der Waals surface area contributed by atoms with E-state index in [9.17, 15) is 14.4 Å². The Labute approximate surface area is 246 Å². The number of aromatic nitrogens is 2. The summed E-state index contributed by atoms with van der Waals surface area (Å²) in [6, 6.07) is 4.96. The lowest BCUT2D eigenvalue weighted by molar-refractivity contribution is -0.129. The molecule has 1 unspecified atom stereocenters. The number of nitrogens with two attached hydrogens (primary N) is 1. The SMILES string of the molecule is CC1=CCCN(CCNC(=O)C2CCCNC(=O)c3cc(c(C)cc3C)-c3cc(nc(N)n3)SCCC(=O)N2)CC1. The van der Waals surface area contributed by atoms with Gasteiger partial charge in [-0.05, 0) is 69.7 Å². The Morgan fingerprint density at radius 1 is 1.10 bits per heavy atom. The molecule has 0 radical (unpaired) electrons. The van der Waals surface area contributed by atoms with Crippen molar-refractivity contribution in [1.82, 2.24) is 30.8 Å². The number of hydrogen-bond donors (Lipinski definition) is 4. The zero-order valence-corrected chi connectivity index (χ0v) is 25.0. The van der Waals surface area contributed by atoms with E-state index >= 15 is 0 Å². The molecule has 2 aliphatic heterocycles. The van der Waals surface area contributed by atoms with Crippen LogP contribution >= 0.6 is 11.8 Å². The first-order valence-corrected chi connectivity index (χ1v) is 15.3. The first-order chi connectivity index (χ1) is 19.7. The molecule has 1 aromatic carbocycles. The summed E-state index contributed by atoms with van der Waals surface area (Å²) in [5.74, 6) is -0.0120. The van der Waals surface area contributed by atoms with Crippen molar-refractivity contribution in [1.29, 1.82) is 0 Å². The van der Waals surface area contributed by atoms with Crippen LogP contribution in [-0.2, 0) is 9.59 Å². The minimum absolute atomic E-state index is 0.127. The predicted molar refractivity (Wildman–Crippen MR) is 163 cm³/mol. The van der Waals surface area contributed by atoms with Crippen LogP contribution in [0, 0.1) is 13.8 Å². The number of fused-ring (bicyclic) bond motifs is 5. The van der Waals surface area contributed by atoms with Crippen LogP contribution in [0.1, 0.15) is 60.5 Å². The third kappa shape index (κ3) is 8.77. The van der Waals surface area contributed by atoms with E-state index in [4.69, 9.17) is 5.73 Å². The van der Waals surface area contributed by atoms with Crippen molar-refractivity contribution in [3.05, 3.63) is 46.5 Å². The highest BCUT2D eigenvalue weighted by Crippen LogP contribution is 2.29. The van der Waals surface area contributed by atoms with Crippen LogP contribution in [0.2, 0.25) is 0 Å². The van der Waals surface area contributed by atoms with E-state index in [2.05, 4.69) is 43.8 Å². The van der Waals surface area contributed by atoms with Gasteiger partial charge < -0.3 is 26.6 Å². The molecule has 4 rings (SSSR count). The molecule has 0 spiro atoms. The molecule has 0 saturated heterocycles. The van der Waals surface area contributed by atoms with E-state index in [0.717, 1.165) is 49.2 Å². The lowest BCUT2D eigenvalue weighted by atomic mass is 9.97. The van der Waals surface area contributed by atoms with Gasteiger partial charge in [0.25, 0.3) is 5.91 Å². The number of anilines is 1. The Kier molecular flexibility index (Phi) is 10.8. The van der Waals surface area contributed by atoms with Crippen molar-refractivity contribution in [3.63, 3.8) is 0 Å². The van der Waals surface area contributed by atoms with Gasteiger partial charge >= 0.3 is 0 Å². The number of amides is 3. The summed E-state index contributed by atoms with van der Waals surface area (Å²) < 4.78 is 0. The molecule has 1 aromatic heterocycles. The first-order valence-electron chi connectivity index (χ1n) is 14.3. The van der Waals surface area contributed by atoms with Crippen LogP contribution in [0.15, 0.2) is 34.9 Å². The van der Waals surface area contributed by atoms with Gasteiger partial charge in [-0.15, -0.1) is 11.8 Å². The van der Waals surface area contributed by atoms with Gasteiger partial charge in [-0.1, -0.05) is 17.7 Å². The summed E-state index contributed by atoms with van der Waals surface area (Å²) in [5, 5.41) is 9.54. The topological polar surface area (TPSA) is 142 Å². The van der Waals surface area contributed by atoms with Crippen molar-refractivity contribution < 1.29 is 14.4 Å². The number of aryl methyl sites for hydroxylation is 2. The average Bonchev–Trinajstić information content (AvgIpc) is 3.13. The van der Waals surface area contributed by atoms with E-state index in [1.807, 2.05) is 32.0 Å². The Hall–Kier alpha value is -3.44. The summed E-state index contributed by atoms with van der Waals surface area (Å²) in [6.07, 6.45) is 5.52. The van der Waals surface area contributed by atoms with Gasteiger partial charge in [-0.3, -0.25) is 14.4 Å². The van der Waals surface area contributed by atoms with Gasteiger partial charge in [-0.2, -0.15) is 0 Å². The molecule has 11 heteroatoms. The smallest absolute Gasteiger partial charge is 0.251 e. The van der Waals surface area contributed by atoms with Crippen LogP contribution in [0.4, 0.5) is 5.95 Å². The van der Waals surface area contributed by atoms with Crippen LogP contribution in [0.3, 0.4) is 0 Å². The number of hydrogen-bond acceptors (Lipinski definition) is 8. The van der Waals surface area contributed by atoms with E-state index in [1.165, 1.54) is 17.3 Å². The summed E-state index contributed by atoms with van der Waals surface area (Å²) in [7, 11) is 0. The fourth-order valence-electron chi connectivity index (χ4n) is 5.14. The average molecular weight is 580 g/mol. The highest BCUT2D eigenvalue weighted by Gasteiger charge is 2.22. The maximum atomic E-state index is 13.1. The Morgan fingerprint density at radius 3 is 2.73 bits per heavy atom. The van der Waals surface area contributed by atoms with Crippen molar-refractivity contribution in [2.24, 2.45) is 0 Å². The van der Waals surface area contributed by atoms with E-state index in [1.54, 1.807) is 0 Å². The minimum atomic E-state index is -0.679. The van der Waals surface area contributed by atoms with Crippen LogP contribution in [0.5, 0.6) is 0 Å². The quantitative estimate of drug-likeness (QED) is 0.320. The second-order valence-electron chi connectivity index (χ2n) is 10.8. The molecule has 1 atom stereocenters. The lowest BCUT2D eigenvalue weighted by Crippen LogP contribution is -2.48. The van der Waals surface area contributed by atoms with E-state index in [-0.39, 0.29) is 30.1 Å². The summed E-state index contributed by atoms with van der Waals surface area (Å²) in [4.78, 5) is 50.2. The second-order valence-corrected chi connectivity index (χ2v) is 11.9. The number of carbonyl (C=O) groups is 3.